The molecule has 6 heteroatoms. The molecule has 0 saturated carbocycles. The van der Waals surface area contributed by atoms with Crippen molar-refractivity contribution in [2.75, 3.05) is 13.2 Å². The van der Waals surface area contributed by atoms with Crippen LogP contribution in [0.15, 0.2) is 48.6 Å². The van der Waals surface area contributed by atoms with Gasteiger partial charge in [0.2, 0.25) is 0 Å². The van der Waals surface area contributed by atoms with Crippen LogP contribution in [0, 0.1) is 0 Å². The summed E-state index contributed by atoms with van der Waals surface area (Å²) in [5.74, 6) is -0.815. The molecule has 2 atom stereocenters. The normalized spacial score (nSPS) is 13.7. The van der Waals surface area contributed by atoms with E-state index in [9.17, 15) is 19.8 Å². The van der Waals surface area contributed by atoms with E-state index in [1.165, 1.54) is 19.3 Å². The molecule has 0 amide bonds. The van der Waals surface area contributed by atoms with Gasteiger partial charge in [0.15, 0.2) is 6.10 Å². The van der Waals surface area contributed by atoms with E-state index in [0.717, 1.165) is 51.4 Å². The lowest BCUT2D eigenvalue weighted by Gasteiger charge is -2.16. The highest BCUT2D eigenvalue weighted by atomic mass is 16.6. The summed E-state index contributed by atoms with van der Waals surface area (Å²) in [5.41, 5.74) is 0. The third-order valence-electron chi connectivity index (χ3n) is 5.73. The van der Waals surface area contributed by atoms with Gasteiger partial charge in [-0.25, -0.2) is 0 Å². The highest BCUT2D eigenvalue weighted by Crippen LogP contribution is 2.08. The quantitative estimate of drug-likeness (QED) is 0.0622. The van der Waals surface area contributed by atoms with Gasteiger partial charge in [0, 0.05) is 12.8 Å². The lowest BCUT2D eigenvalue weighted by atomic mass is 10.1. The summed E-state index contributed by atoms with van der Waals surface area (Å²) in [5, 5.41) is 19.4. The average molecular weight is 521 g/mol. The van der Waals surface area contributed by atoms with E-state index in [1.54, 1.807) is 6.08 Å². The molecule has 0 bridgehead atoms. The molecule has 0 aromatic rings. The first-order valence-corrected chi connectivity index (χ1v) is 14.3. The van der Waals surface area contributed by atoms with Crippen molar-refractivity contribution < 1.29 is 29.3 Å². The molecule has 0 rings (SSSR count). The summed E-state index contributed by atoms with van der Waals surface area (Å²) >= 11 is 0. The van der Waals surface area contributed by atoms with Crippen molar-refractivity contribution in [2.45, 2.75) is 122 Å². The van der Waals surface area contributed by atoms with Crippen LogP contribution in [-0.4, -0.2) is 47.6 Å². The van der Waals surface area contributed by atoms with E-state index in [0.29, 0.717) is 19.3 Å². The minimum absolute atomic E-state index is 0.125. The van der Waals surface area contributed by atoms with Gasteiger partial charge < -0.3 is 19.7 Å². The van der Waals surface area contributed by atoms with Gasteiger partial charge >= 0.3 is 11.9 Å². The number of rotatable bonds is 24. The van der Waals surface area contributed by atoms with Gasteiger partial charge in [-0.05, 0) is 44.9 Å². The molecule has 0 aliphatic rings. The number of ether oxygens (including phenoxy) is 2. The largest absolute Gasteiger partial charge is 0.462 e. The molecule has 0 saturated heterocycles. The van der Waals surface area contributed by atoms with Gasteiger partial charge in [-0.1, -0.05) is 101 Å². The van der Waals surface area contributed by atoms with E-state index in [1.807, 2.05) is 18.2 Å². The van der Waals surface area contributed by atoms with Gasteiger partial charge in [0.1, 0.15) is 6.61 Å². The first kappa shape index (κ1) is 34.8. The van der Waals surface area contributed by atoms with Crippen LogP contribution < -0.4 is 0 Å². The summed E-state index contributed by atoms with van der Waals surface area (Å²) in [7, 11) is 0. The number of aliphatic hydroxyl groups excluding tert-OH is 2. The maximum Gasteiger partial charge on any atom is 0.306 e. The van der Waals surface area contributed by atoms with Crippen molar-refractivity contribution in [1.29, 1.82) is 0 Å². The summed E-state index contributed by atoms with van der Waals surface area (Å²) in [4.78, 5) is 23.8. The predicted molar refractivity (Wildman–Crippen MR) is 151 cm³/mol. The summed E-state index contributed by atoms with van der Waals surface area (Å²) < 4.78 is 10.3. The first-order valence-electron chi connectivity index (χ1n) is 14.3. The van der Waals surface area contributed by atoms with Crippen LogP contribution in [0.5, 0.6) is 0 Å². The number of hydrogen-bond acceptors (Lipinski definition) is 6. The Morgan fingerprint density at radius 2 is 1.41 bits per heavy atom. The number of unbranched alkanes of at least 4 members (excludes halogenated alkanes) is 7. The Kier molecular flexibility index (Phi) is 25.3. The summed E-state index contributed by atoms with van der Waals surface area (Å²) in [6.45, 7) is 3.81. The van der Waals surface area contributed by atoms with Crippen LogP contribution in [0.2, 0.25) is 0 Å². The van der Waals surface area contributed by atoms with Crippen molar-refractivity contribution in [3.63, 3.8) is 0 Å². The Morgan fingerprint density at radius 3 is 2.14 bits per heavy atom. The number of esters is 2. The van der Waals surface area contributed by atoms with E-state index >= 15 is 0 Å². The Morgan fingerprint density at radius 1 is 0.757 bits per heavy atom. The molecule has 0 fully saturated rings. The lowest BCUT2D eigenvalue weighted by molar-refractivity contribution is -0.161. The van der Waals surface area contributed by atoms with Gasteiger partial charge in [0.05, 0.1) is 12.7 Å². The molecular formula is C31H52O6. The second-order valence-electron chi connectivity index (χ2n) is 9.32. The average Bonchev–Trinajstić information content (AvgIpc) is 2.89. The van der Waals surface area contributed by atoms with Crippen molar-refractivity contribution >= 4 is 11.9 Å². The molecule has 6 nitrogen and oxygen atoms in total. The molecule has 2 N–H and O–H groups in total. The van der Waals surface area contributed by atoms with Gasteiger partial charge in [0.25, 0.3) is 0 Å². The second kappa shape index (κ2) is 26.9. The Hall–Kier alpha value is -2.18. The number of hydrogen-bond donors (Lipinski definition) is 2. The predicted octanol–water partition coefficient (Wildman–Crippen LogP) is 6.91. The fraction of sp³-hybridized carbons (Fsp3) is 0.677. The highest BCUT2D eigenvalue weighted by molar-refractivity contribution is 5.70. The number of allylic oxidation sites excluding steroid dienone is 7. The van der Waals surface area contributed by atoms with Gasteiger partial charge in [-0.2, -0.15) is 0 Å². The van der Waals surface area contributed by atoms with Crippen LogP contribution in [0.25, 0.3) is 0 Å². The SMILES string of the molecule is CCCCC/C=C\C/C=C\C/C=C\C=C\[C@H](O)CCCC(=O)O[C@@H](CO)COC(=O)CCCCCCC. The molecule has 0 radical (unpaired) electrons. The van der Waals surface area contributed by atoms with E-state index < -0.39 is 24.8 Å². The molecule has 0 aliphatic heterocycles. The van der Waals surface area contributed by atoms with Crippen molar-refractivity contribution in [2.24, 2.45) is 0 Å². The number of aliphatic hydroxyl groups is 2. The molecule has 0 spiro atoms. The standard InChI is InChI=1S/C31H52O6/c1-3-5-7-9-10-11-12-13-14-15-16-18-19-22-28(33)23-21-25-31(35)37-29(26-32)27-36-30(34)24-20-17-8-6-4-2/h10-11,13-14,16,18-19,22,28-29,32-33H,3-9,12,15,17,20-21,23-27H2,1-2H3/b11-10-,14-13-,18-16-,22-19+/t28-,29-/m0/s1. The van der Waals surface area contributed by atoms with E-state index in [4.69, 9.17) is 9.47 Å². The minimum Gasteiger partial charge on any atom is -0.462 e. The summed E-state index contributed by atoms with van der Waals surface area (Å²) in [6.07, 6.45) is 28.0. The number of carbonyl (C=O) groups is 2. The molecular weight excluding hydrogens is 468 g/mol. The van der Waals surface area contributed by atoms with Gasteiger partial charge in [-0.3, -0.25) is 9.59 Å². The Labute approximate surface area is 225 Å². The van der Waals surface area contributed by atoms with Crippen LogP contribution in [-0.2, 0) is 19.1 Å². The van der Waals surface area contributed by atoms with Crippen LogP contribution >= 0.6 is 0 Å². The van der Waals surface area contributed by atoms with Crippen LogP contribution in [0.3, 0.4) is 0 Å². The zero-order chi connectivity index (χ0) is 27.4. The van der Waals surface area contributed by atoms with Crippen molar-refractivity contribution in [1.82, 2.24) is 0 Å². The Balaban J connectivity index is 3.90. The topological polar surface area (TPSA) is 93.1 Å². The fourth-order valence-electron chi connectivity index (χ4n) is 3.48. The van der Waals surface area contributed by atoms with E-state index in [2.05, 4.69) is 38.2 Å². The van der Waals surface area contributed by atoms with Crippen molar-refractivity contribution in [3.8, 4) is 0 Å². The van der Waals surface area contributed by atoms with Crippen LogP contribution in [0.4, 0.5) is 0 Å². The Bertz CT molecular complexity index is 665. The second-order valence-corrected chi connectivity index (χ2v) is 9.32. The van der Waals surface area contributed by atoms with Crippen LogP contribution in [0.1, 0.15) is 110 Å². The maximum atomic E-state index is 12.0. The molecule has 0 heterocycles. The third-order valence-corrected chi connectivity index (χ3v) is 5.73. The smallest absolute Gasteiger partial charge is 0.306 e. The lowest BCUT2D eigenvalue weighted by Crippen LogP contribution is -2.28. The first-order chi connectivity index (χ1) is 18.0. The molecule has 0 aliphatic carbocycles. The zero-order valence-corrected chi connectivity index (χ0v) is 23.3. The summed E-state index contributed by atoms with van der Waals surface area (Å²) in [6, 6.07) is 0. The van der Waals surface area contributed by atoms with Crippen molar-refractivity contribution in [3.05, 3.63) is 48.6 Å². The zero-order valence-electron chi connectivity index (χ0n) is 23.3. The molecule has 212 valence electrons. The minimum atomic E-state index is -0.859. The molecule has 0 aromatic carbocycles. The third kappa shape index (κ3) is 25.3. The van der Waals surface area contributed by atoms with Gasteiger partial charge in [-0.15, -0.1) is 0 Å². The fourth-order valence-corrected chi connectivity index (χ4v) is 3.48. The number of carbonyl (C=O) groups excluding carboxylic acids is 2. The highest BCUT2D eigenvalue weighted by Gasteiger charge is 2.16. The molecule has 37 heavy (non-hydrogen) atoms. The molecule has 0 unspecified atom stereocenters. The van der Waals surface area contributed by atoms with E-state index in [-0.39, 0.29) is 19.0 Å². The monoisotopic (exact) mass is 520 g/mol. The maximum absolute atomic E-state index is 12.0. The molecule has 0 aromatic heterocycles.